The van der Waals surface area contributed by atoms with E-state index in [1.807, 2.05) is 18.2 Å². The standard InChI is InChI=1S/C13H13N3O2/c17-11-10(9-5-2-1-3-6-9)12(18)16-8-4-7-14-13(16)15-11/h1-3,5-6,10H,4,7-8H2,(H,14,15,17). The highest BCUT2D eigenvalue weighted by Gasteiger charge is 2.40. The molecule has 18 heavy (non-hydrogen) atoms. The van der Waals surface area contributed by atoms with Gasteiger partial charge in [0, 0.05) is 13.1 Å². The van der Waals surface area contributed by atoms with Crippen LogP contribution in [0.25, 0.3) is 0 Å². The molecule has 0 radical (unpaired) electrons. The van der Waals surface area contributed by atoms with Gasteiger partial charge >= 0.3 is 0 Å². The second kappa shape index (κ2) is 4.25. The molecule has 1 atom stereocenters. The monoisotopic (exact) mass is 243 g/mol. The third kappa shape index (κ3) is 1.68. The van der Waals surface area contributed by atoms with Crippen LogP contribution < -0.4 is 5.32 Å². The van der Waals surface area contributed by atoms with Crippen molar-refractivity contribution in [3.8, 4) is 0 Å². The van der Waals surface area contributed by atoms with Gasteiger partial charge in [-0.1, -0.05) is 30.3 Å². The van der Waals surface area contributed by atoms with Crippen LogP contribution in [0.1, 0.15) is 17.9 Å². The van der Waals surface area contributed by atoms with E-state index < -0.39 is 5.92 Å². The lowest BCUT2D eigenvalue weighted by Gasteiger charge is -2.35. The molecule has 5 heteroatoms. The maximum Gasteiger partial charge on any atom is 0.246 e. The van der Waals surface area contributed by atoms with E-state index in [4.69, 9.17) is 0 Å². The molecular weight excluding hydrogens is 230 g/mol. The number of carbonyl (C=O) groups is 2. The number of benzene rings is 1. The number of nitrogens with zero attached hydrogens (tertiary/aromatic N) is 2. The molecule has 5 nitrogen and oxygen atoms in total. The average Bonchev–Trinajstić information content (AvgIpc) is 2.40. The highest BCUT2D eigenvalue weighted by molar-refractivity contribution is 6.20. The molecule has 3 rings (SSSR count). The quantitative estimate of drug-likeness (QED) is 0.730. The van der Waals surface area contributed by atoms with E-state index in [2.05, 4.69) is 10.3 Å². The van der Waals surface area contributed by atoms with Crippen molar-refractivity contribution in [3.05, 3.63) is 35.9 Å². The summed E-state index contributed by atoms with van der Waals surface area (Å²) in [4.78, 5) is 30.1. The minimum atomic E-state index is -0.747. The largest absolute Gasteiger partial charge is 0.295 e. The molecule has 1 aromatic carbocycles. The first-order valence-electron chi connectivity index (χ1n) is 5.99. The molecule has 0 spiro atoms. The van der Waals surface area contributed by atoms with E-state index >= 15 is 0 Å². The maximum absolute atomic E-state index is 12.4. The molecule has 1 unspecified atom stereocenters. The summed E-state index contributed by atoms with van der Waals surface area (Å²) in [5, 5.41) is 2.71. The van der Waals surface area contributed by atoms with Crippen molar-refractivity contribution in [1.29, 1.82) is 0 Å². The zero-order valence-corrected chi connectivity index (χ0v) is 9.80. The van der Waals surface area contributed by atoms with Gasteiger partial charge in [-0.2, -0.15) is 0 Å². The van der Waals surface area contributed by atoms with Crippen LogP contribution >= 0.6 is 0 Å². The molecule has 0 aromatic heterocycles. The van der Waals surface area contributed by atoms with Crippen molar-refractivity contribution in [2.45, 2.75) is 12.3 Å². The van der Waals surface area contributed by atoms with Gasteiger partial charge in [0.05, 0.1) is 0 Å². The highest BCUT2D eigenvalue weighted by Crippen LogP contribution is 2.23. The number of amides is 2. The molecule has 2 aliphatic rings. The smallest absolute Gasteiger partial charge is 0.246 e. The topological polar surface area (TPSA) is 61.8 Å². The van der Waals surface area contributed by atoms with Crippen LogP contribution in [0, 0.1) is 0 Å². The molecule has 92 valence electrons. The maximum atomic E-state index is 12.4. The van der Waals surface area contributed by atoms with Crippen molar-refractivity contribution in [2.75, 3.05) is 13.1 Å². The van der Waals surface area contributed by atoms with Crippen molar-refractivity contribution in [1.82, 2.24) is 10.2 Å². The molecule has 0 saturated carbocycles. The average molecular weight is 243 g/mol. The normalized spacial score (nSPS) is 23.2. The highest BCUT2D eigenvalue weighted by atomic mass is 16.2. The predicted molar refractivity (Wildman–Crippen MR) is 66.0 cm³/mol. The number of rotatable bonds is 1. The molecule has 0 bridgehead atoms. The molecule has 2 amide bonds. The molecule has 1 aromatic rings. The Bertz CT molecular complexity index is 524. The van der Waals surface area contributed by atoms with Gasteiger partial charge in [0.2, 0.25) is 17.8 Å². The SMILES string of the molecule is O=C1NC2=NCCCN2C(=O)C1c1ccccc1. The Morgan fingerprint density at radius 1 is 1.22 bits per heavy atom. The summed E-state index contributed by atoms with van der Waals surface area (Å²) >= 11 is 0. The summed E-state index contributed by atoms with van der Waals surface area (Å²) in [6.45, 7) is 1.29. The molecular formula is C13H13N3O2. The Morgan fingerprint density at radius 3 is 2.78 bits per heavy atom. The van der Waals surface area contributed by atoms with E-state index in [0.717, 1.165) is 12.0 Å². The van der Waals surface area contributed by atoms with E-state index in [1.165, 1.54) is 0 Å². The fourth-order valence-electron chi connectivity index (χ4n) is 2.32. The van der Waals surface area contributed by atoms with Crippen LogP contribution in [-0.2, 0) is 9.59 Å². The van der Waals surface area contributed by atoms with E-state index in [1.54, 1.807) is 17.0 Å². The lowest BCUT2D eigenvalue weighted by Crippen LogP contribution is -2.59. The Kier molecular flexibility index (Phi) is 2.59. The Hall–Kier alpha value is -2.17. The lowest BCUT2D eigenvalue weighted by molar-refractivity contribution is -0.137. The molecule has 1 fully saturated rings. The summed E-state index contributed by atoms with van der Waals surface area (Å²) in [6.07, 6.45) is 0.840. The number of hydrogen-bond acceptors (Lipinski definition) is 3. The van der Waals surface area contributed by atoms with Gasteiger partial charge in [-0.15, -0.1) is 0 Å². The summed E-state index contributed by atoms with van der Waals surface area (Å²) in [7, 11) is 0. The Morgan fingerprint density at radius 2 is 2.00 bits per heavy atom. The number of hydrogen-bond donors (Lipinski definition) is 1. The van der Waals surface area contributed by atoms with Gasteiger partial charge in [-0.3, -0.25) is 24.8 Å². The van der Waals surface area contributed by atoms with Crippen LogP contribution in [0.15, 0.2) is 35.3 Å². The van der Waals surface area contributed by atoms with Gasteiger partial charge in [0.25, 0.3) is 0 Å². The molecule has 2 aliphatic heterocycles. The number of aliphatic imine (C=N–C) groups is 1. The summed E-state index contributed by atoms with van der Waals surface area (Å²) < 4.78 is 0. The van der Waals surface area contributed by atoms with Crippen LogP contribution in [0.4, 0.5) is 0 Å². The lowest BCUT2D eigenvalue weighted by atomic mass is 9.95. The van der Waals surface area contributed by atoms with Gasteiger partial charge in [0.1, 0.15) is 5.92 Å². The number of guanidine groups is 1. The minimum Gasteiger partial charge on any atom is -0.295 e. The Labute approximate surface area is 105 Å². The third-order valence-electron chi connectivity index (χ3n) is 3.20. The number of fused-ring (bicyclic) bond motifs is 1. The minimum absolute atomic E-state index is 0.177. The molecule has 2 heterocycles. The van der Waals surface area contributed by atoms with Crippen molar-refractivity contribution in [2.24, 2.45) is 4.99 Å². The van der Waals surface area contributed by atoms with E-state index in [-0.39, 0.29) is 11.8 Å². The number of nitrogens with one attached hydrogen (secondary N) is 1. The van der Waals surface area contributed by atoms with Gasteiger partial charge in [0.15, 0.2) is 0 Å². The van der Waals surface area contributed by atoms with Crippen LogP contribution in [0.3, 0.4) is 0 Å². The van der Waals surface area contributed by atoms with Crippen LogP contribution in [0.5, 0.6) is 0 Å². The van der Waals surface area contributed by atoms with Crippen molar-refractivity contribution >= 4 is 17.8 Å². The first-order chi connectivity index (χ1) is 8.77. The molecule has 1 N–H and O–H groups in total. The summed E-state index contributed by atoms with van der Waals surface area (Å²) in [5.74, 6) is -0.807. The summed E-state index contributed by atoms with van der Waals surface area (Å²) in [6, 6.07) is 9.12. The van der Waals surface area contributed by atoms with Crippen molar-refractivity contribution in [3.63, 3.8) is 0 Å². The second-order valence-electron chi connectivity index (χ2n) is 4.38. The fourth-order valence-corrected chi connectivity index (χ4v) is 2.32. The molecule has 1 saturated heterocycles. The van der Waals surface area contributed by atoms with Crippen molar-refractivity contribution < 1.29 is 9.59 Å². The summed E-state index contributed by atoms with van der Waals surface area (Å²) in [5.41, 5.74) is 0.727. The second-order valence-corrected chi connectivity index (χ2v) is 4.38. The van der Waals surface area contributed by atoms with E-state index in [0.29, 0.717) is 19.0 Å². The first kappa shape index (κ1) is 11.0. The molecule has 0 aliphatic carbocycles. The fraction of sp³-hybridized carbons (Fsp3) is 0.308. The predicted octanol–water partition coefficient (Wildman–Crippen LogP) is 0.488. The zero-order chi connectivity index (χ0) is 12.5. The Balaban J connectivity index is 1.97. The third-order valence-corrected chi connectivity index (χ3v) is 3.20. The first-order valence-corrected chi connectivity index (χ1v) is 5.99. The zero-order valence-electron chi connectivity index (χ0n) is 9.80. The van der Waals surface area contributed by atoms with Crippen LogP contribution in [-0.4, -0.2) is 35.8 Å². The van der Waals surface area contributed by atoms with Crippen LogP contribution in [0.2, 0.25) is 0 Å². The van der Waals surface area contributed by atoms with E-state index in [9.17, 15) is 9.59 Å². The van der Waals surface area contributed by atoms with Gasteiger partial charge in [-0.05, 0) is 12.0 Å². The van der Waals surface area contributed by atoms with Gasteiger partial charge in [-0.25, -0.2) is 0 Å². The number of carbonyl (C=O) groups excluding carboxylic acids is 2. The van der Waals surface area contributed by atoms with Gasteiger partial charge < -0.3 is 0 Å².